The normalized spacial score (nSPS) is 12.2. The third kappa shape index (κ3) is 3.23. The minimum absolute atomic E-state index is 0.00673. The van der Waals surface area contributed by atoms with E-state index in [-0.39, 0.29) is 22.8 Å². The van der Waals surface area contributed by atoms with E-state index in [1.54, 1.807) is 0 Å². The van der Waals surface area contributed by atoms with Gasteiger partial charge in [-0.2, -0.15) is 0 Å². The molecule has 3 N–H and O–H groups in total. The van der Waals surface area contributed by atoms with Crippen LogP contribution in [0.4, 0.5) is 18.9 Å². The zero-order valence-corrected chi connectivity index (χ0v) is 11.1. The number of rotatable bonds is 4. The molecular formula is C14H12ClF3N2. The summed E-state index contributed by atoms with van der Waals surface area (Å²) in [5.74, 6) is -1.67. The van der Waals surface area contributed by atoms with Gasteiger partial charge in [0.25, 0.3) is 0 Å². The number of hydrogen-bond acceptors (Lipinski definition) is 2. The van der Waals surface area contributed by atoms with Gasteiger partial charge < -0.3 is 11.1 Å². The summed E-state index contributed by atoms with van der Waals surface area (Å²) < 4.78 is 40.1. The molecule has 0 amide bonds. The molecule has 0 aliphatic rings. The van der Waals surface area contributed by atoms with Crippen LogP contribution in [-0.4, -0.2) is 6.54 Å². The Bertz CT molecular complexity index is 619. The minimum atomic E-state index is -0.718. The predicted octanol–water partition coefficient (Wildman–Crippen LogP) is 3.87. The summed E-state index contributed by atoms with van der Waals surface area (Å²) in [6, 6.07) is 6.10. The highest BCUT2D eigenvalue weighted by molar-refractivity contribution is 6.33. The third-order valence-electron chi connectivity index (χ3n) is 2.83. The molecule has 0 radical (unpaired) electrons. The summed E-state index contributed by atoms with van der Waals surface area (Å²) in [5.41, 5.74) is 5.90. The van der Waals surface area contributed by atoms with E-state index in [0.29, 0.717) is 0 Å². The predicted molar refractivity (Wildman–Crippen MR) is 73.2 cm³/mol. The van der Waals surface area contributed by atoms with Gasteiger partial charge in [-0.15, -0.1) is 0 Å². The SMILES string of the molecule is NCC(Nc1cc(F)ccc1Cl)c1cc(F)ccc1F. The topological polar surface area (TPSA) is 38.0 Å². The number of hydrogen-bond donors (Lipinski definition) is 2. The summed E-state index contributed by atoms with van der Waals surface area (Å²) in [6.07, 6.45) is 0. The molecular weight excluding hydrogens is 289 g/mol. The monoisotopic (exact) mass is 300 g/mol. The van der Waals surface area contributed by atoms with Gasteiger partial charge in [-0.3, -0.25) is 0 Å². The fourth-order valence-electron chi connectivity index (χ4n) is 1.84. The van der Waals surface area contributed by atoms with E-state index in [9.17, 15) is 13.2 Å². The maximum Gasteiger partial charge on any atom is 0.128 e. The van der Waals surface area contributed by atoms with E-state index in [4.69, 9.17) is 17.3 Å². The molecule has 2 aromatic carbocycles. The molecule has 2 aromatic rings. The first kappa shape index (κ1) is 14.7. The van der Waals surface area contributed by atoms with Crippen LogP contribution in [0.1, 0.15) is 11.6 Å². The first-order valence-corrected chi connectivity index (χ1v) is 6.25. The zero-order chi connectivity index (χ0) is 14.7. The molecule has 0 spiro atoms. The van der Waals surface area contributed by atoms with Crippen molar-refractivity contribution < 1.29 is 13.2 Å². The van der Waals surface area contributed by atoms with Gasteiger partial charge in [-0.1, -0.05) is 11.6 Å². The van der Waals surface area contributed by atoms with Gasteiger partial charge >= 0.3 is 0 Å². The van der Waals surface area contributed by atoms with Crippen LogP contribution >= 0.6 is 11.6 Å². The summed E-state index contributed by atoms with van der Waals surface area (Å²) in [4.78, 5) is 0. The number of anilines is 1. The third-order valence-corrected chi connectivity index (χ3v) is 3.16. The second-order valence-corrected chi connectivity index (χ2v) is 4.63. The highest BCUT2D eigenvalue weighted by Gasteiger charge is 2.16. The van der Waals surface area contributed by atoms with E-state index < -0.39 is 23.5 Å². The van der Waals surface area contributed by atoms with Crippen LogP contribution in [0.15, 0.2) is 36.4 Å². The van der Waals surface area contributed by atoms with Crippen molar-refractivity contribution in [3.63, 3.8) is 0 Å². The van der Waals surface area contributed by atoms with Gasteiger partial charge in [0, 0.05) is 12.1 Å². The molecule has 2 nitrogen and oxygen atoms in total. The van der Waals surface area contributed by atoms with Crippen LogP contribution in [0.2, 0.25) is 5.02 Å². The van der Waals surface area contributed by atoms with Crippen LogP contribution in [-0.2, 0) is 0 Å². The molecule has 0 aliphatic heterocycles. The molecule has 6 heteroatoms. The minimum Gasteiger partial charge on any atom is -0.376 e. The Morgan fingerprint density at radius 3 is 2.40 bits per heavy atom. The van der Waals surface area contributed by atoms with E-state index in [2.05, 4.69) is 5.32 Å². The highest BCUT2D eigenvalue weighted by Crippen LogP contribution is 2.28. The molecule has 0 saturated heterocycles. The largest absolute Gasteiger partial charge is 0.376 e. The molecule has 0 aliphatic carbocycles. The Morgan fingerprint density at radius 1 is 1.05 bits per heavy atom. The second-order valence-electron chi connectivity index (χ2n) is 4.22. The smallest absolute Gasteiger partial charge is 0.128 e. The van der Waals surface area contributed by atoms with Crippen LogP contribution in [0.5, 0.6) is 0 Å². The van der Waals surface area contributed by atoms with E-state index in [1.165, 1.54) is 18.2 Å². The molecule has 0 heterocycles. The molecule has 20 heavy (non-hydrogen) atoms. The van der Waals surface area contributed by atoms with Crippen molar-refractivity contribution in [2.24, 2.45) is 5.73 Å². The van der Waals surface area contributed by atoms with E-state index in [0.717, 1.165) is 18.2 Å². The lowest BCUT2D eigenvalue weighted by molar-refractivity contribution is 0.571. The first-order chi connectivity index (χ1) is 9.51. The summed E-state index contributed by atoms with van der Waals surface area (Å²) in [7, 11) is 0. The molecule has 0 aromatic heterocycles. The maximum absolute atomic E-state index is 13.7. The lowest BCUT2D eigenvalue weighted by atomic mass is 10.1. The molecule has 1 unspecified atom stereocenters. The summed E-state index contributed by atoms with van der Waals surface area (Å²) in [5, 5.41) is 3.08. The Morgan fingerprint density at radius 2 is 1.70 bits per heavy atom. The van der Waals surface area contributed by atoms with Crippen molar-refractivity contribution in [3.05, 3.63) is 64.4 Å². The molecule has 106 valence electrons. The van der Waals surface area contributed by atoms with E-state index in [1.807, 2.05) is 0 Å². The van der Waals surface area contributed by atoms with Gasteiger partial charge in [-0.05, 0) is 36.4 Å². The van der Waals surface area contributed by atoms with Crippen molar-refractivity contribution in [2.75, 3.05) is 11.9 Å². The van der Waals surface area contributed by atoms with Crippen LogP contribution in [0.3, 0.4) is 0 Å². The Labute approximate surface area is 119 Å². The van der Waals surface area contributed by atoms with Gasteiger partial charge in [0.1, 0.15) is 17.5 Å². The second kappa shape index (κ2) is 6.15. The quantitative estimate of drug-likeness (QED) is 0.899. The number of nitrogens with one attached hydrogen (secondary N) is 1. The van der Waals surface area contributed by atoms with Crippen molar-refractivity contribution >= 4 is 17.3 Å². The van der Waals surface area contributed by atoms with Gasteiger partial charge in [0.2, 0.25) is 0 Å². The van der Waals surface area contributed by atoms with Crippen LogP contribution < -0.4 is 11.1 Å². The average molecular weight is 301 g/mol. The zero-order valence-electron chi connectivity index (χ0n) is 10.3. The number of halogens is 4. The standard InChI is InChI=1S/C14H12ClF3N2/c15-11-3-1-9(17)6-13(11)20-14(7-19)10-5-8(16)2-4-12(10)18/h1-6,14,20H,7,19H2. The Kier molecular flexibility index (Phi) is 4.52. The van der Waals surface area contributed by atoms with Crippen LogP contribution in [0.25, 0.3) is 0 Å². The van der Waals surface area contributed by atoms with Crippen molar-refractivity contribution in [3.8, 4) is 0 Å². The lowest BCUT2D eigenvalue weighted by Gasteiger charge is -2.20. The van der Waals surface area contributed by atoms with Crippen LogP contribution in [0, 0.1) is 17.5 Å². The Hall–Kier alpha value is -1.72. The lowest BCUT2D eigenvalue weighted by Crippen LogP contribution is -2.22. The molecule has 0 saturated carbocycles. The average Bonchev–Trinajstić information content (AvgIpc) is 2.42. The van der Waals surface area contributed by atoms with Crippen molar-refractivity contribution in [1.29, 1.82) is 0 Å². The maximum atomic E-state index is 13.7. The number of benzene rings is 2. The highest BCUT2D eigenvalue weighted by atomic mass is 35.5. The van der Waals surface area contributed by atoms with Gasteiger partial charge in [0.15, 0.2) is 0 Å². The fourth-order valence-corrected chi connectivity index (χ4v) is 2.01. The summed E-state index contributed by atoms with van der Waals surface area (Å²) in [6.45, 7) is -0.00673. The summed E-state index contributed by atoms with van der Waals surface area (Å²) >= 11 is 5.92. The van der Waals surface area contributed by atoms with Crippen molar-refractivity contribution in [2.45, 2.75) is 6.04 Å². The van der Waals surface area contributed by atoms with Crippen molar-refractivity contribution in [1.82, 2.24) is 0 Å². The number of nitrogens with two attached hydrogens (primary N) is 1. The van der Waals surface area contributed by atoms with Gasteiger partial charge in [0.05, 0.1) is 16.8 Å². The molecule has 2 rings (SSSR count). The molecule has 0 bridgehead atoms. The first-order valence-electron chi connectivity index (χ1n) is 5.88. The molecule has 0 fully saturated rings. The molecule has 1 atom stereocenters. The Balaban J connectivity index is 2.33. The van der Waals surface area contributed by atoms with E-state index >= 15 is 0 Å². The van der Waals surface area contributed by atoms with Gasteiger partial charge in [-0.25, -0.2) is 13.2 Å². The fraction of sp³-hybridized carbons (Fsp3) is 0.143.